The summed E-state index contributed by atoms with van der Waals surface area (Å²) in [5, 5.41) is 0. The van der Waals surface area contributed by atoms with Crippen LogP contribution in [0.5, 0.6) is 0 Å². The van der Waals surface area contributed by atoms with E-state index in [1.54, 1.807) is 6.92 Å². The van der Waals surface area contributed by atoms with Crippen molar-refractivity contribution in [2.45, 2.75) is 58.3 Å². The average Bonchev–Trinajstić information content (AvgIpc) is 2.86. The first-order valence-corrected chi connectivity index (χ1v) is 11.9. The lowest BCUT2D eigenvalue weighted by molar-refractivity contribution is -0.139. The number of hydrogen-bond acceptors (Lipinski definition) is 5. The molecule has 0 bridgehead atoms. The molecule has 0 aliphatic heterocycles. The Morgan fingerprint density at radius 2 is 1.53 bits per heavy atom. The first-order chi connectivity index (χ1) is 16.4. The second-order valence-corrected chi connectivity index (χ2v) is 8.73. The van der Waals surface area contributed by atoms with Crippen molar-refractivity contribution < 1.29 is 23.8 Å². The maximum atomic E-state index is 11.4. The number of carbonyl (C=O) groups excluding carboxylic acids is 2. The maximum absolute atomic E-state index is 11.4. The van der Waals surface area contributed by atoms with Crippen LogP contribution in [-0.2, 0) is 23.8 Å². The molecule has 0 N–H and O–H groups in total. The highest BCUT2D eigenvalue weighted by Gasteiger charge is 2.16. The minimum absolute atomic E-state index is 0.319. The Kier molecular flexibility index (Phi) is 9.51. The van der Waals surface area contributed by atoms with E-state index in [1.807, 2.05) is 6.08 Å². The topological polar surface area (TPSA) is 61.8 Å². The molecule has 0 aromatic rings. The van der Waals surface area contributed by atoms with Gasteiger partial charge in [-0.05, 0) is 74.3 Å². The molecule has 0 unspecified atom stereocenters. The fourth-order valence-corrected chi connectivity index (χ4v) is 3.97. The van der Waals surface area contributed by atoms with E-state index in [2.05, 4.69) is 43.5 Å². The van der Waals surface area contributed by atoms with Crippen LogP contribution in [-0.4, -0.2) is 25.2 Å². The van der Waals surface area contributed by atoms with E-state index in [1.165, 1.54) is 28.4 Å². The lowest BCUT2D eigenvalue weighted by Gasteiger charge is -2.21. The summed E-state index contributed by atoms with van der Waals surface area (Å²) >= 11 is 0. The van der Waals surface area contributed by atoms with Gasteiger partial charge in [0.05, 0.1) is 12.4 Å². The summed E-state index contributed by atoms with van der Waals surface area (Å²) in [4.78, 5) is 22.7. The summed E-state index contributed by atoms with van der Waals surface area (Å²) in [7, 11) is 0. The van der Waals surface area contributed by atoms with E-state index in [4.69, 9.17) is 14.2 Å². The second-order valence-electron chi connectivity index (χ2n) is 8.73. The van der Waals surface area contributed by atoms with Gasteiger partial charge in [-0.2, -0.15) is 0 Å². The van der Waals surface area contributed by atoms with Crippen molar-refractivity contribution in [2.24, 2.45) is 0 Å². The Labute approximate surface area is 202 Å². The molecular formula is C29H34O5. The van der Waals surface area contributed by atoms with E-state index >= 15 is 0 Å². The van der Waals surface area contributed by atoms with Crippen molar-refractivity contribution in [3.05, 3.63) is 95.1 Å². The molecule has 180 valence electrons. The zero-order valence-corrected chi connectivity index (χ0v) is 20.1. The zero-order chi connectivity index (χ0) is 24.3. The minimum atomic E-state index is -0.408. The summed E-state index contributed by atoms with van der Waals surface area (Å²) < 4.78 is 16.4. The van der Waals surface area contributed by atoms with Gasteiger partial charge in [0.2, 0.25) is 0 Å². The molecule has 0 aromatic heterocycles. The van der Waals surface area contributed by atoms with Crippen molar-refractivity contribution in [3.63, 3.8) is 0 Å². The van der Waals surface area contributed by atoms with Crippen LogP contribution in [0.3, 0.4) is 0 Å². The predicted molar refractivity (Wildman–Crippen MR) is 133 cm³/mol. The van der Waals surface area contributed by atoms with Crippen LogP contribution in [0.4, 0.5) is 0 Å². The van der Waals surface area contributed by atoms with Crippen LogP contribution in [0, 0.1) is 0 Å². The Balaban J connectivity index is 1.42. The third kappa shape index (κ3) is 7.91. The molecule has 0 spiro atoms. The van der Waals surface area contributed by atoms with Crippen LogP contribution in [0.15, 0.2) is 95.1 Å². The summed E-state index contributed by atoms with van der Waals surface area (Å²) in [5.41, 5.74) is 5.74. The smallest absolute Gasteiger partial charge is 0.335 e. The lowest BCUT2D eigenvalue weighted by atomic mass is 9.89. The van der Waals surface area contributed by atoms with Gasteiger partial charge in [0, 0.05) is 24.5 Å². The number of hydrogen-bond donors (Lipinski definition) is 0. The molecule has 3 aliphatic carbocycles. The van der Waals surface area contributed by atoms with E-state index < -0.39 is 5.97 Å². The number of carbonyl (C=O) groups is 2. The number of esters is 2. The largest absolute Gasteiger partial charge is 0.494 e. The fourth-order valence-electron chi connectivity index (χ4n) is 3.97. The zero-order valence-electron chi connectivity index (χ0n) is 20.1. The monoisotopic (exact) mass is 462 g/mol. The average molecular weight is 463 g/mol. The normalized spacial score (nSPS) is 17.7. The van der Waals surface area contributed by atoms with E-state index in [0.717, 1.165) is 57.1 Å². The first-order valence-electron chi connectivity index (χ1n) is 11.9. The lowest BCUT2D eigenvalue weighted by Crippen LogP contribution is -2.08. The van der Waals surface area contributed by atoms with E-state index in [0.29, 0.717) is 24.5 Å². The molecule has 34 heavy (non-hydrogen) atoms. The quantitative estimate of drug-likeness (QED) is 0.200. The van der Waals surface area contributed by atoms with Crippen LogP contribution >= 0.6 is 0 Å². The first kappa shape index (κ1) is 25.3. The molecule has 3 aliphatic rings. The van der Waals surface area contributed by atoms with Crippen molar-refractivity contribution >= 4 is 11.9 Å². The van der Waals surface area contributed by atoms with Crippen LogP contribution in [0.2, 0.25) is 0 Å². The molecule has 0 heterocycles. The number of rotatable bonds is 11. The molecule has 0 saturated heterocycles. The van der Waals surface area contributed by atoms with Gasteiger partial charge in [-0.15, -0.1) is 0 Å². The Bertz CT molecular complexity index is 1010. The summed E-state index contributed by atoms with van der Waals surface area (Å²) in [6.45, 7) is 9.72. The van der Waals surface area contributed by atoms with Gasteiger partial charge in [0.15, 0.2) is 0 Å². The molecule has 3 rings (SSSR count). The summed E-state index contributed by atoms with van der Waals surface area (Å²) in [6, 6.07) is 0. The predicted octanol–water partition coefficient (Wildman–Crippen LogP) is 6.49. The minimum Gasteiger partial charge on any atom is -0.494 e. The second kappa shape index (κ2) is 12.8. The standard InChI is InChI=1S/C29H34O5/c1-4-28(30)34-27-17-13-25(14-18-27)24-11-7-23(8-12-24)20-33-26-15-9-22(10-16-26)6-5-19-32-29(31)21(2)3/h4,7,9,11,13,15,17H,1-2,5-6,8,10,12,14,16,18-20H2,3H3. The SMILES string of the molecule is C=CC(=O)OC1=CC=C(C2=CC=C(COC3=CC=C(CCCOC(=O)C(=C)C)CC3)CC2)CC1. The van der Waals surface area contributed by atoms with Gasteiger partial charge in [-0.25, -0.2) is 9.59 Å². The molecule has 0 saturated carbocycles. The fraction of sp³-hybridized carbons (Fsp3) is 0.379. The molecule has 0 atom stereocenters. The van der Waals surface area contributed by atoms with Crippen LogP contribution in [0.1, 0.15) is 58.3 Å². The Morgan fingerprint density at radius 3 is 2.12 bits per heavy atom. The summed E-state index contributed by atoms with van der Waals surface area (Å²) in [6.07, 6.45) is 20.9. The van der Waals surface area contributed by atoms with Gasteiger partial charge < -0.3 is 14.2 Å². The van der Waals surface area contributed by atoms with Gasteiger partial charge in [-0.3, -0.25) is 0 Å². The number of ether oxygens (including phenoxy) is 3. The number of allylic oxidation sites excluding steroid dienone is 11. The van der Waals surface area contributed by atoms with Crippen molar-refractivity contribution in [1.29, 1.82) is 0 Å². The molecule has 5 heteroatoms. The van der Waals surface area contributed by atoms with Crippen LogP contribution < -0.4 is 0 Å². The van der Waals surface area contributed by atoms with E-state index in [-0.39, 0.29) is 5.97 Å². The van der Waals surface area contributed by atoms with Gasteiger partial charge in [-0.1, -0.05) is 43.0 Å². The third-order valence-corrected chi connectivity index (χ3v) is 6.02. The van der Waals surface area contributed by atoms with Crippen molar-refractivity contribution in [1.82, 2.24) is 0 Å². The Hall–Kier alpha value is -3.34. The van der Waals surface area contributed by atoms with Crippen LogP contribution in [0.25, 0.3) is 0 Å². The molecule has 5 nitrogen and oxygen atoms in total. The third-order valence-electron chi connectivity index (χ3n) is 6.02. The molecule has 0 amide bonds. The maximum Gasteiger partial charge on any atom is 0.335 e. The van der Waals surface area contributed by atoms with Crippen molar-refractivity contribution in [3.8, 4) is 0 Å². The molecule has 0 radical (unpaired) electrons. The van der Waals surface area contributed by atoms with E-state index in [9.17, 15) is 9.59 Å². The highest BCUT2D eigenvalue weighted by molar-refractivity contribution is 5.86. The van der Waals surface area contributed by atoms with Gasteiger partial charge in [0.25, 0.3) is 0 Å². The van der Waals surface area contributed by atoms with Gasteiger partial charge in [0.1, 0.15) is 12.4 Å². The molecule has 0 aromatic carbocycles. The summed E-state index contributed by atoms with van der Waals surface area (Å²) in [5.74, 6) is 0.989. The molecular weight excluding hydrogens is 428 g/mol. The van der Waals surface area contributed by atoms with Gasteiger partial charge >= 0.3 is 11.9 Å². The Morgan fingerprint density at radius 1 is 0.882 bits per heavy atom. The van der Waals surface area contributed by atoms with Crippen molar-refractivity contribution in [2.75, 3.05) is 13.2 Å². The molecule has 0 fully saturated rings. The highest BCUT2D eigenvalue weighted by atomic mass is 16.5. The highest BCUT2D eigenvalue weighted by Crippen LogP contribution is 2.31.